The standard InChI is InChI=1S/C19H21F3N2O/c1-4-11(2)13-5-7-14(8-6-13)23-12(3)19(25)24-16-10-9-15(20)17(21)18(16)22/h5-12,23H,4H2,1-3H3,(H,24,25)/t11-,12+/m1/s1. The van der Waals surface area contributed by atoms with Crippen LogP contribution in [0.1, 0.15) is 38.7 Å². The van der Waals surface area contributed by atoms with E-state index in [0.29, 0.717) is 5.92 Å². The molecule has 3 nitrogen and oxygen atoms in total. The van der Waals surface area contributed by atoms with Crippen molar-refractivity contribution in [2.75, 3.05) is 10.6 Å². The molecule has 2 N–H and O–H groups in total. The minimum atomic E-state index is -1.61. The number of anilines is 2. The SMILES string of the molecule is CC[C@@H](C)c1ccc(N[C@@H](C)C(=O)Nc2ccc(F)c(F)c2F)cc1. The minimum Gasteiger partial charge on any atom is -0.374 e. The first kappa shape index (κ1) is 18.8. The summed E-state index contributed by atoms with van der Waals surface area (Å²) >= 11 is 0. The average Bonchev–Trinajstić information content (AvgIpc) is 2.62. The summed E-state index contributed by atoms with van der Waals surface area (Å²) in [4.78, 5) is 12.1. The van der Waals surface area contributed by atoms with Crippen molar-refractivity contribution < 1.29 is 18.0 Å². The summed E-state index contributed by atoms with van der Waals surface area (Å²) in [5.74, 6) is -4.44. The maximum Gasteiger partial charge on any atom is 0.246 e. The molecule has 0 fully saturated rings. The minimum absolute atomic E-state index is 0.398. The average molecular weight is 350 g/mol. The van der Waals surface area contributed by atoms with Gasteiger partial charge < -0.3 is 10.6 Å². The van der Waals surface area contributed by atoms with Gasteiger partial charge >= 0.3 is 0 Å². The van der Waals surface area contributed by atoms with Crippen LogP contribution in [0, 0.1) is 17.5 Å². The Labute approximate surface area is 145 Å². The molecule has 0 aliphatic carbocycles. The van der Waals surface area contributed by atoms with E-state index >= 15 is 0 Å². The third-order valence-corrected chi connectivity index (χ3v) is 4.16. The van der Waals surface area contributed by atoms with E-state index in [2.05, 4.69) is 24.5 Å². The highest BCUT2D eigenvalue weighted by atomic mass is 19.2. The summed E-state index contributed by atoms with van der Waals surface area (Å²) in [7, 11) is 0. The van der Waals surface area contributed by atoms with Gasteiger partial charge in [0.25, 0.3) is 0 Å². The van der Waals surface area contributed by atoms with Crippen LogP contribution in [0.4, 0.5) is 24.5 Å². The van der Waals surface area contributed by atoms with Gasteiger partial charge in [-0.15, -0.1) is 0 Å². The van der Waals surface area contributed by atoms with Crippen molar-refractivity contribution in [1.82, 2.24) is 0 Å². The Morgan fingerprint density at radius 2 is 1.64 bits per heavy atom. The predicted octanol–water partition coefficient (Wildman–Crippen LogP) is 5.06. The van der Waals surface area contributed by atoms with Crippen molar-refractivity contribution in [3.05, 3.63) is 59.4 Å². The molecular weight excluding hydrogens is 329 g/mol. The molecule has 0 heterocycles. The fourth-order valence-electron chi connectivity index (χ4n) is 2.32. The number of halogens is 3. The van der Waals surface area contributed by atoms with Gasteiger partial charge in [-0.05, 0) is 49.1 Å². The smallest absolute Gasteiger partial charge is 0.246 e. The molecule has 2 rings (SSSR count). The molecule has 0 aliphatic heterocycles. The number of nitrogens with one attached hydrogen (secondary N) is 2. The van der Waals surface area contributed by atoms with Crippen LogP contribution >= 0.6 is 0 Å². The highest BCUT2D eigenvalue weighted by Crippen LogP contribution is 2.22. The number of carbonyl (C=O) groups excluding carboxylic acids is 1. The molecule has 0 spiro atoms. The van der Waals surface area contributed by atoms with Crippen molar-refractivity contribution in [3.63, 3.8) is 0 Å². The van der Waals surface area contributed by atoms with Crippen LogP contribution in [0.3, 0.4) is 0 Å². The zero-order valence-electron chi connectivity index (χ0n) is 14.4. The number of carbonyl (C=O) groups is 1. The number of hydrogen-bond donors (Lipinski definition) is 2. The lowest BCUT2D eigenvalue weighted by Gasteiger charge is -2.17. The van der Waals surface area contributed by atoms with Crippen molar-refractivity contribution in [3.8, 4) is 0 Å². The maximum atomic E-state index is 13.6. The zero-order valence-corrected chi connectivity index (χ0v) is 14.4. The Bertz CT molecular complexity index is 747. The molecule has 0 aliphatic rings. The van der Waals surface area contributed by atoms with Crippen LogP contribution in [0.2, 0.25) is 0 Å². The molecule has 0 radical (unpaired) electrons. The lowest BCUT2D eigenvalue weighted by Crippen LogP contribution is -2.32. The second-order valence-electron chi connectivity index (χ2n) is 6.01. The van der Waals surface area contributed by atoms with Crippen molar-refractivity contribution >= 4 is 17.3 Å². The molecule has 6 heteroatoms. The second kappa shape index (κ2) is 8.05. The first-order valence-corrected chi connectivity index (χ1v) is 8.14. The van der Waals surface area contributed by atoms with Gasteiger partial charge in [0.2, 0.25) is 5.91 Å². The number of hydrogen-bond acceptors (Lipinski definition) is 2. The summed E-state index contributed by atoms with van der Waals surface area (Å²) in [5.41, 5.74) is 1.54. The molecule has 2 aromatic rings. The first-order chi connectivity index (χ1) is 11.8. The highest BCUT2D eigenvalue weighted by Gasteiger charge is 2.18. The fourth-order valence-corrected chi connectivity index (χ4v) is 2.32. The van der Waals surface area contributed by atoms with E-state index in [1.165, 1.54) is 5.56 Å². The summed E-state index contributed by atoms with van der Waals surface area (Å²) < 4.78 is 39.7. The molecule has 25 heavy (non-hydrogen) atoms. The van der Waals surface area contributed by atoms with Crippen LogP contribution in [0.25, 0.3) is 0 Å². The molecule has 0 bridgehead atoms. The molecule has 0 unspecified atom stereocenters. The van der Waals surface area contributed by atoms with Crippen LogP contribution in [-0.2, 0) is 4.79 Å². The summed E-state index contributed by atoms with van der Waals surface area (Å²) in [6.07, 6.45) is 1.03. The van der Waals surface area contributed by atoms with E-state index in [1.54, 1.807) is 6.92 Å². The molecule has 2 atom stereocenters. The number of amides is 1. The molecule has 0 saturated carbocycles. The molecule has 0 aromatic heterocycles. The van der Waals surface area contributed by atoms with Gasteiger partial charge in [0, 0.05) is 5.69 Å². The van der Waals surface area contributed by atoms with E-state index in [1.807, 2.05) is 24.3 Å². The van der Waals surface area contributed by atoms with Crippen molar-refractivity contribution in [2.45, 2.75) is 39.2 Å². The monoisotopic (exact) mass is 350 g/mol. The summed E-state index contributed by atoms with van der Waals surface area (Å²) in [6, 6.07) is 8.75. The van der Waals surface area contributed by atoms with Crippen LogP contribution < -0.4 is 10.6 Å². The molecular formula is C19H21F3N2O. The quantitative estimate of drug-likeness (QED) is 0.715. The van der Waals surface area contributed by atoms with Crippen LogP contribution in [-0.4, -0.2) is 11.9 Å². The predicted molar refractivity (Wildman–Crippen MR) is 93.2 cm³/mol. The summed E-state index contributed by atoms with van der Waals surface area (Å²) in [6.45, 7) is 5.84. The first-order valence-electron chi connectivity index (χ1n) is 8.14. The van der Waals surface area contributed by atoms with E-state index in [4.69, 9.17) is 0 Å². The van der Waals surface area contributed by atoms with Gasteiger partial charge in [-0.3, -0.25) is 4.79 Å². The Kier molecular flexibility index (Phi) is 6.07. The maximum absolute atomic E-state index is 13.6. The second-order valence-corrected chi connectivity index (χ2v) is 6.01. The van der Waals surface area contributed by atoms with Gasteiger partial charge in [0.05, 0.1) is 5.69 Å². The number of benzene rings is 2. The Morgan fingerprint density at radius 1 is 1.00 bits per heavy atom. The lowest BCUT2D eigenvalue weighted by atomic mass is 9.98. The molecule has 1 amide bonds. The lowest BCUT2D eigenvalue weighted by molar-refractivity contribution is -0.116. The molecule has 0 saturated heterocycles. The third kappa shape index (κ3) is 4.53. The Hall–Kier alpha value is -2.50. The Morgan fingerprint density at radius 3 is 2.24 bits per heavy atom. The topological polar surface area (TPSA) is 41.1 Å². The normalized spacial score (nSPS) is 13.2. The van der Waals surface area contributed by atoms with E-state index < -0.39 is 35.1 Å². The van der Waals surface area contributed by atoms with Gasteiger partial charge in [0.15, 0.2) is 17.5 Å². The zero-order chi connectivity index (χ0) is 18.6. The highest BCUT2D eigenvalue weighted by molar-refractivity contribution is 5.96. The van der Waals surface area contributed by atoms with Crippen LogP contribution in [0.5, 0.6) is 0 Å². The van der Waals surface area contributed by atoms with E-state index in [-0.39, 0.29) is 0 Å². The van der Waals surface area contributed by atoms with Gasteiger partial charge in [0.1, 0.15) is 6.04 Å². The van der Waals surface area contributed by atoms with Crippen molar-refractivity contribution in [2.24, 2.45) is 0 Å². The van der Waals surface area contributed by atoms with E-state index in [9.17, 15) is 18.0 Å². The molecule has 2 aromatic carbocycles. The largest absolute Gasteiger partial charge is 0.374 e. The summed E-state index contributed by atoms with van der Waals surface area (Å²) in [5, 5.41) is 5.24. The number of rotatable bonds is 6. The van der Waals surface area contributed by atoms with Crippen molar-refractivity contribution in [1.29, 1.82) is 0 Å². The van der Waals surface area contributed by atoms with Gasteiger partial charge in [-0.2, -0.15) is 0 Å². The van der Waals surface area contributed by atoms with E-state index in [0.717, 1.165) is 24.2 Å². The third-order valence-electron chi connectivity index (χ3n) is 4.16. The molecule has 134 valence electrons. The Balaban J connectivity index is 2.02. The fraction of sp³-hybridized carbons (Fsp3) is 0.316. The van der Waals surface area contributed by atoms with Crippen LogP contribution in [0.15, 0.2) is 36.4 Å². The van der Waals surface area contributed by atoms with Gasteiger partial charge in [-0.25, -0.2) is 13.2 Å². The van der Waals surface area contributed by atoms with Gasteiger partial charge in [-0.1, -0.05) is 26.0 Å².